The molecule has 0 spiro atoms. The largest absolute Gasteiger partial charge is 0.426 e. The highest BCUT2D eigenvalue weighted by Crippen LogP contribution is 2.24. The van der Waals surface area contributed by atoms with Gasteiger partial charge in [0.15, 0.2) is 0 Å². The van der Waals surface area contributed by atoms with Crippen LogP contribution in [0, 0.1) is 6.92 Å². The molecule has 1 heterocycles. The number of aryl methyl sites for hydroxylation is 2. The molecule has 0 N–H and O–H groups in total. The number of benzene rings is 2. The van der Waals surface area contributed by atoms with E-state index < -0.39 is 5.63 Å². The smallest absolute Gasteiger partial charge is 0.336 e. The second-order valence-corrected chi connectivity index (χ2v) is 7.83. The molecular weight excluding hydrogens is 340 g/mol. The summed E-state index contributed by atoms with van der Waals surface area (Å²) in [4.78, 5) is 23.7. The Hall–Kier alpha value is -2.88. The summed E-state index contributed by atoms with van der Waals surface area (Å²) in [6, 6.07) is 14.9. The second-order valence-electron chi connectivity index (χ2n) is 7.83. The Bertz CT molecular complexity index is 1020. The zero-order chi connectivity index (χ0) is 19.6. The van der Waals surface area contributed by atoms with Crippen LogP contribution in [0.4, 0.5) is 0 Å². The molecule has 0 aliphatic carbocycles. The lowest BCUT2D eigenvalue weighted by atomic mass is 9.86. The maximum absolute atomic E-state index is 12.2. The summed E-state index contributed by atoms with van der Waals surface area (Å²) >= 11 is 0. The summed E-state index contributed by atoms with van der Waals surface area (Å²) in [5.41, 5.74) is 3.31. The molecule has 2 aromatic carbocycles. The van der Waals surface area contributed by atoms with Gasteiger partial charge in [-0.3, -0.25) is 4.79 Å². The number of carbonyl (C=O) groups excluding carboxylic acids is 1. The minimum atomic E-state index is -0.415. The van der Waals surface area contributed by atoms with E-state index in [-0.39, 0.29) is 17.8 Å². The Balaban J connectivity index is 1.64. The van der Waals surface area contributed by atoms with Gasteiger partial charge in [0.25, 0.3) is 0 Å². The molecule has 0 atom stereocenters. The van der Waals surface area contributed by atoms with Crippen LogP contribution < -0.4 is 10.4 Å². The van der Waals surface area contributed by atoms with Crippen molar-refractivity contribution in [3.05, 3.63) is 75.6 Å². The number of rotatable bonds is 4. The predicted molar refractivity (Wildman–Crippen MR) is 106 cm³/mol. The number of fused-ring (bicyclic) bond motifs is 1. The van der Waals surface area contributed by atoms with Gasteiger partial charge in [-0.05, 0) is 47.6 Å². The molecular formula is C23H24O4. The minimum Gasteiger partial charge on any atom is -0.426 e. The lowest BCUT2D eigenvalue weighted by Gasteiger charge is -2.19. The Morgan fingerprint density at radius 2 is 1.74 bits per heavy atom. The standard InChI is InChI=1S/C23H24O4/c1-15-13-22(25)27-20-14-18(10-11-19(15)20)26-21(24)12-7-16-5-8-17(9-6-16)23(2,3)4/h5-6,8-11,13-14H,7,12H2,1-4H3. The SMILES string of the molecule is Cc1cc(=O)oc2cc(OC(=O)CCc3ccc(C(C)(C)C)cc3)ccc12. The van der Waals surface area contributed by atoms with Crippen molar-refractivity contribution < 1.29 is 13.9 Å². The molecule has 0 fully saturated rings. The normalized spacial score (nSPS) is 11.6. The molecule has 0 aliphatic rings. The van der Waals surface area contributed by atoms with Gasteiger partial charge in [-0.1, -0.05) is 45.0 Å². The number of esters is 1. The maximum Gasteiger partial charge on any atom is 0.336 e. The Morgan fingerprint density at radius 1 is 1.04 bits per heavy atom. The number of hydrogen-bond donors (Lipinski definition) is 0. The van der Waals surface area contributed by atoms with E-state index >= 15 is 0 Å². The third-order valence-corrected chi connectivity index (χ3v) is 4.59. The van der Waals surface area contributed by atoms with E-state index in [2.05, 4.69) is 45.0 Å². The highest BCUT2D eigenvalue weighted by atomic mass is 16.5. The third-order valence-electron chi connectivity index (χ3n) is 4.59. The van der Waals surface area contributed by atoms with E-state index in [1.165, 1.54) is 11.6 Å². The zero-order valence-electron chi connectivity index (χ0n) is 16.2. The molecule has 0 unspecified atom stereocenters. The van der Waals surface area contributed by atoms with Crippen LogP contribution in [0.15, 0.2) is 57.7 Å². The second kappa shape index (κ2) is 7.39. The van der Waals surface area contributed by atoms with Crippen molar-refractivity contribution in [1.82, 2.24) is 0 Å². The molecule has 0 saturated carbocycles. The van der Waals surface area contributed by atoms with Crippen LogP contribution in [0.3, 0.4) is 0 Å². The number of ether oxygens (including phenoxy) is 1. The fourth-order valence-corrected chi connectivity index (χ4v) is 2.97. The van der Waals surface area contributed by atoms with Crippen molar-refractivity contribution in [2.24, 2.45) is 0 Å². The van der Waals surface area contributed by atoms with Crippen molar-refractivity contribution in [1.29, 1.82) is 0 Å². The molecule has 140 valence electrons. The fraction of sp³-hybridized carbons (Fsp3) is 0.304. The molecule has 27 heavy (non-hydrogen) atoms. The van der Waals surface area contributed by atoms with Gasteiger partial charge in [0.1, 0.15) is 11.3 Å². The summed E-state index contributed by atoms with van der Waals surface area (Å²) in [7, 11) is 0. The molecule has 4 heteroatoms. The van der Waals surface area contributed by atoms with Crippen molar-refractivity contribution in [3.63, 3.8) is 0 Å². The zero-order valence-corrected chi connectivity index (χ0v) is 16.2. The summed E-state index contributed by atoms with van der Waals surface area (Å²) in [5, 5.41) is 0.827. The van der Waals surface area contributed by atoms with Crippen LogP contribution >= 0.6 is 0 Å². The van der Waals surface area contributed by atoms with Crippen molar-refractivity contribution in [2.75, 3.05) is 0 Å². The quantitative estimate of drug-likeness (QED) is 0.374. The molecule has 3 aromatic rings. The first-order valence-electron chi connectivity index (χ1n) is 9.07. The van der Waals surface area contributed by atoms with Crippen LogP contribution in [-0.4, -0.2) is 5.97 Å². The third kappa shape index (κ3) is 4.64. The Kier molecular flexibility index (Phi) is 5.17. The molecule has 3 rings (SSSR count). The summed E-state index contributed by atoms with van der Waals surface area (Å²) in [6.07, 6.45) is 0.899. The van der Waals surface area contributed by atoms with E-state index in [4.69, 9.17) is 9.15 Å². The van der Waals surface area contributed by atoms with Crippen molar-refractivity contribution in [3.8, 4) is 5.75 Å². The highest BCUT2D eigenvalue weighted by molar-refractivity contribution is 5.82. The van der Waals surface area contributed by atoms with Gasteiger partial charge >= 0.3 is 11.6 Å². The van der Waals surface area contributed by atoms with Crippen molar-refractivity contribution >= 4 is 16.9 Å². The Morgan fingerprint density at radius 3 is 2.41 bits per heavy atom. The van der Waals surface area contributed by atoms with Gasteiger partial charge in [0.2, 0.25) is 0 Å². The fourth-order valence-electron chi connectivity index (χ4n) is 2.97. The summed E-state index contributed by atoms with van der Waals surface area (Å²) in [6.45, 7) is 8.36. The van der Waals surface area contributed by atoms with Gasteiger partial charge in [-0.15, -0.1) is 0 Å². The van der Waals surface area contributed by atoms with Crippen LogP contribution in [0.25, 0.3) is 11.0 Å². The Labute approximate surface area is 158 Å². The number of hydrogen-bond acceptors (Lipinski definition) is 4. The molecule has 0 amide bonds. The minimum absolute atomic E-state index is 0.112. The van der Waals surface area contributed by atoms with Crippen LogP contribution in [0.1, 0.15) is 43.9 Å². The lowest BCUT2D eigenvalue weighted by molar-refractivity contribution is -0.134. The first kappa shape index (κ1) is 18.9. The van der Waals surface area contributed by atoms with Gasteiger partial charge in [0, 0.05) is 23.9 Å². The van der Waals surface area contributed by atoms with E-state index in [9.17, 15) is 9.59 Å². The van der Waals surface area contributed by atoms with E-state index in [1.54, 1.807) is 18.2 Å². The van der Waals surface area contributed by atoms with Crippen LogP contribution in [0.5, 0.6) is 5.75 Å². The number of carbonyl (C=O) groups is 1. The topological polar surface area (TPSA) is 56.5 Å². The molecule has 0 saturated heterocycles. The average molecular weight is 364 g/mol. The van der Waals surface area contributed by atoms with E-state index in [1.807, 2.05) is 6.92 Å². The average Bonchev–Trinajstić information content (AvgIpc) is 2.59. The predicted octanol–water partition coefficient (Wildman–Crippen LogP) is 4.94. The van der Waals surface area contributed by atoms with Gasteiger partial charge in [0.05, 0.1) is 0 Å². The molecule has 1 aromatic heterocycles. The molecule has 0 bridgehead atoms. The maximum atomic E-state index is 12.2. The molecule has 0 radical (unpaired) electrons. The van der Waals surface area contributed by atoms with Crippen molar-refractivity contribution in [2.45, 2.75) is 46.0 Å². The first-order chi connectivity index (χ1) is 12.7. The molecule has 0 aliphatic heterocycles. The van der Waals surface area contributed by atoms with Gasteiger partial charge in [-0.25, -0.2) is 4.79 Å². The summed E-state index contributed by atoms with van der Waals surface area (Å²) in [5.74, 6) is 0.0635. The van der Waals surface area contributed by atoms with E-state index in [0.717, 1.165) is 16.5 Å². The monoisotopic (exact) mass is 364 g/mol. The summed E-state index contributed by atoms with van der Waals surface area (Å²) < 4.78 is 10.6. The lowest BCUT2D eigenvalue weighted by Crippen LogP contribution is -2.11. The first-order valence-corrected chi connectivity index (χ1v) is 9.07. The van der Waals surface area contributed by atoms with Crippen LogP contribution in [0.2, 0.25) is 0 Å². The van der Waals surface area contributed by atoms with E-state index in [0.29, 0.717) is 17.8 Å². The van der Waals surface area contributed by atoms with Gasteiger partial charge in [-0.2, -0.15) is 0 Å². The van der Waals surface area contributed by atoms with Gasteiger partial charge < -0.3 is 9.15 Å². The highest BCUT2D eigenvalue weighted by Gasteiger charge is 2.13. The van der Waals surface area contributed by atoms with Crippen LogP contribution in [-0.2, 0) is 16.6 Å². The molecule has 4 nitrogen and oxygen atoms in total.